The largest absolute Gasteiger partial charge is 0.416 e. The fraction of sp³-hybridized carbons (Fsp3) is 0.267. The average Bonchev–Trinajstić information content (AvgIpc) is 2.54. The predicted octanol–water partition coefficient (Wildman–Crippen LogP) is 3.08. The quantitative estimate of drug-likeness (QED) is 0.801. The molecule has 124 valence electrons. The number of benzene rings is 1. The minimum atomic E-state index is -4.52. The van der Waals surface area contributed by atoms with Crippen LogP contribution >= 0.6 is 15.9 Å². The summed E-state index contributed by atoms with van der Waals surface area (Å²) in [4.78, 5) is 0. The second-order valence-electron chi connectivity index (χ2n) is 5.14. The molecule has 0 saturated carbocycles. The maximum Gasteiger partial charge on any atom is 0.416 e. The van der Waals surface area contributed by atoms with Gasteiger partial charge in [-0.1, -0.05) is 0 Å². The molecule has 0 bridgehead atoms. The molecule has 2 aromatic rings. The number of nitriles is 1. The summed E-state index contributed by atoms with van der Waals surface area (Å²) < 4.78 is 45.6. The van der Waals surface area contributed by atoms with Gasteiger partial charge in [0.15, 0.2) is 5.49 Å². The molecule has 1 aliphatic heterocycles. The van der Waals surface area contributed by atoms with Crippen molar-refractivity contribution in [2.75, 3.05) is 6.61 Å². The molecular formula is C15H10BrF3N4O. The highest BCUT2D eigenvalue weighted by Gasteiger charge is 2.31. The normalized spacial score (nSPS) is 14.1. The van der Waals surface area contributed by atoms with Gasteiger partial charge in [0.25, 0.3) is 0 Å². The van der Waals surface area contributed by atoms with Crippen molar-refractivity contribution in [2.45, 2.75) is 19.2 Å². The molecular weight excluding hydrogens is 389 g/mol. The number of nitrogens with one attached hydrogen (secondary N) is 1. The third-order valence-corrected chi connectivity index (χ3v) is 4.34. The van der Waals surface area contributed by atoms with Crippen molar-refractivity contribution in [3.8, 4) is 11.8 Å². The highest BCUT2D eigenvalue weighted by molar-refractivity contribution is 9.10. The van der Waals surface area contributed by atoms with Gasteiger partial charge in [0.1, 0.15) is 11.6 Å². The van der Waals surface area contributed by atoms with Crippen molar-refractivity contribution in [3.05, 3.63) is 50.5 Å². The first-order chi connectivity index (χ1) is 11.3. The lowest BCUT2D eigenvalue weighted by Crippen LogP contribution is -2.30. The minimum Gasteiger partial charge on any atom is -0.375 e. The van der Waals surface area contributed by atoms with Gasteiger partial charge in [0, 0.05) is 10.0 Å². The summed E-state index contributed by atoms with van der Waals surface area (Å²) >= 11 is 3.18. The van der Waals surface area contributed by atoms with Crippen LogP contribution in [-0.2, 0) is 23.9 Å². The van der Waals surface area contributed by atoms with Crippen LogP contribution in [0.5, 0.6) is 0 Å². The van der Waals surface area contributed by atoms with E-state index in [0.717, 1.165) is 16.8 Å². The molecule has 0 radical (unpaired) electrons. The zero-order chi connectivity index (χ0) is 17.5. The number of ether oxygens (including phenoxy) is 1. The molecule has 3 rings (SSSR count). The van der Waals surface area contributed by atoms with Crippen LogP contribution in [0.1, 0.15) is 22.4 Å². The Morgan fingerprint density at radius 1 is 1.38 bits per heavy atom. The van der Waals surface area contributed by atoms with Gasteiger partial charge in [-0.25, -0.2) is 4.68 Å². The topological polar surface area (TPSA) is 74.7 Å². The molecule has 5 nitrogen and oxygen atoms in total. The Morgan fingerprint density at radius 3 is 2.79 bits per heavy atom. The van der Waals surface area contributed by atoms with Gasteiger partial charge in [0.05, 0.1) is 30.2 Å². The van der Waals surface area contributed by atoms with E-state index in [1.54, 1.807) is 0 Å². The van der Waals surface area contributed by atoms with Crippen LogP contribution in [0, 0.1) is 16.7 Å². The van der Waals surface area contributed by atoms with E-state index < -0.39 is 11.7 Å². The van der Waals surface area contributed by atoms with E-state index in [2.05, 4.69) is 21.0 Å². The van der Waals surface area contributed by atoms with E-state index in [1.165, 1.54) is 6.07 Å². The van der Waals surface area contributed by atoms with Crippen LogP contribution in [0.2, 0.25) is 0 Å². The summed E-state index contributed by atoms with van der Waals surface area (Å²) in [6.07, 6.45) is -4.07. The van der Waals surface area contributed by atoms with Gasteiger partial charge in [-0.05, 0) is 40.5 Å². The Bertz CT molecular complexity index is 915. The van der Waals surface area contributed by atoms with Crippen LogP contribution in [0.3, 0.4) is 0 Å². The molecule has 0 fully saturated rings. The van der Waals surface area contributed by atoms with Crippen LogP contribution in [0.4, 0.5) is 13.2 Å². The smallest absolute Gasteiger partial charge is 0.375 e. The molecule has 1 aromatic carbocycles. The van der Waals surface area contributed by atoms with Crippen molar-refractivity contribution < 1.29 is 17.9 Å². The lowest BCUT2D eigenvalue weighted by Gasteiger charge is -2.20. The first-order valence-electron chi connectivity index (χ1n) is 6.87. The molecule has 0 unspecified atom stereocenters. The first kappa shape index (κ1) is 16.7. The molecule has 24 heavy (non-hydrogen) atoms. The van der Waals surface area contributed by atoms with E-state index in [1.807, 2.05) is 6.07 Å². The van der Waals surface area contributed by atoms with Gasteiger partial charge in [0.2, 0.25) is 0 Å². The van der Waals surface area contributed by atoms with Crippen molar-refractivity contribution >= 4 is 15.9 Å². The number of hydrogen-bond acceptors (Lipinski definition) is 4. The van der Waals surface area contributed by atoms with Crippen LogP contribution in [-0.4, -0.2) is 16.4 Å². The molecule has 2 heterocycles. The van der Waals surface area contributed by atoms with Gasteiger partial charge in [-0.15, -0.1) is 0 Å². The Labute approximate surface area is 142 Å². The molecule has 0 amide bonds. The van der Waals surface area contributed by atoms with Crippen molar-refractivity contribution in [3.63, 3.8) is 0 Å². The van der Waals surface area contributed by atoms with Crippen LogP contribution in [0.15, 0.2) is 22.7 Å². The lowest BCUT2D eigenvalue weighted by atomic mass is 10.0. The highest BCUT2D eigenvalue weighted by atomic mass is 79.9. The second-order valence-corrected chi connectivity index (χ2v) is 5.99. The van der Waals surface area contributed by atoms with Crippen LogP contribution in [0.25, 0.3) is 5.69 Å². The summed E-state index contributed by atoms with van der Waals surface area (Å²) in [7, 11) is 0. The lowest BCUT2D eigenvalue weighted by molar-refractivity contribution is -0.137. The second kappa shape index (κ2) is 6.03. The predicted molar refractivity (Wildman–Crippen MR) is 80.2 cm³/mol. The molecule has 1 aliphatic rings. The number of alkyl halides is 3. The minimum absolute atomic E-state index is 0.0414. The molecule has 0 aliphatic carbocycles. The molecule has 9 heteroatoms. The molecule has 1 N–H and O–H groups in total. The Morgan fingerprint density at radius 2 is 2.12 bits per heavy atom. The summed E-state index contributed by atoms with van der Waals surface area (Å²) in [5, 5.41) is 21.8. The molecule has 0 spiro atoms. The van der Waals surface area contributed by atoms with Crippen molar-refractivity contribution in [1.29, 1.82) is 10.7 Å². The van der Waals surface area contributed by atoms with E-state index >= 15 is 0 Å². The van der Waals surface area contributed by atoms with Crippen LogP contribution < -0.4 is 5.49 Å². The fourth-order valence-corrected chi connectivity index (χ4v) is 2.91. The standard InChI is InChI=1S/C15H10BrF3N4O/c16-11-2-1-8(15(17,18)19)5-13(11)23-14(21)10(6-20)9-3-4-24-7-12(9)22-23/h1-2,5,21H,3-4,7H2. The highest BCUT2D eigenvalue weighted by Crippen LogP contribution is 2.33. The number of rotatable bonds is 1. The monoisotopic (exact) mass is 398 g/mol. The molecule has 0 atom stereocenters. The SMILES string of the molecule is N#Cc1c2c(nn(-c3cc(C(F)(F)F)ccc3Br)c1=N)COCC2. The zero-order valence-electron chi connectivity index (χ0n) is 12.1. The summed E-state index contributed by atoms with van der Waals surface area (Å²) in [6, 6.07) is 5.03. The third-order valence-electron chi connectivity index (χ3n) is 3.67. The first-order valence-corrected chi connectivity index (χ1v) is 7.67. The molecule has 1 aromatic heterocycles. The van der Waals surface area contributed by atoms with Crippen molar-refractivity contribution in [1.82, 2.24) is 9.78 Å². The number of aromatic nitrogens is 2. The number of halogens is 4. The maximum atomic E-state index is 13.0. The van der Waals surface area contributed by atoms with E-state index in [0.29, 0.717) is 28.8 Å². The maximum absolute atomic E-state index is 13.0. The molecule has 0 saturated heterocycles. The number of hydrogen-bond donors (Lipinski definition) is 1. The zero-order valence-corrected chi connectivity index (χ0v) is 13.7. The van der Waals surface area contributed by atoms with Gasteiger partial charge < -0.3 is 4.74 Å². The van der Waals surface area contributed by atoms with Gasteiger partial charge in [-0.2, -0.15) is 23.5 Å². The summed E-state index contributed by atoms with van der Waals surface area (Å²) in [6.45, 7) is 0.570. The number of nitrogens with zero attached hydrogens (tertiary/aromatic N) is 3. The van der Waals surface area contributed by atoms with Gasteiger partial charge >= 0.3 is 6.18 Å². The summed E-state index contributed by atoms with van der Waals surface area (Å²) in [5.74, 6) is 0. The Kier molecular flexibility index (Phi) is 4.19. The Balaban J connectivity index is 2.28. The Hall–Kier alpha value is -2.18. The van der Waals surface area contributed by atoms with E-state index in [9.17, 15) is 18.4 Å². The van der Waals surface area contributed by atoms with Crippen molar-refractivity contribution in [2.24, 2.45) is 0 Å². The fourth-order valence-electron chi connectivity index (χ4n) is 2.50. The average molecular weight is 399 g/mol. The number of fused-ring (bicyclic) bond motifs is 1. The van der Waals surface area contributed by atoms with E-state index in [-0.39, 0.29) is 23.3 Å². The van der Waals surface area contributed by atoms with E-state index in [4.69, 9.17) is 10.1 Å². The van der Waals surface area contributed by atoms with Gasteiger partial charge in [-0.3, -0.25) is 5.41 Å². The summed E-state index contributed by atoms with van der Waals surface area (Å²) in [5.41, 5.74) is 0.110. The third kappa shape index (κ3) is 2.83.